The van der Waals surface area contributed by atoms with Crippen molar-refractivity contribution in [2.75, 3.05) is 4.90 Å². The van der Waals surface area contributed by atoms with Gasteiger partial charge in [0.2, 0.25) is 0 Å². The largest absolute Gasteiger partial charge is 0.476 e. The first-order chi connectivity index (χ1) is 19.5. The topological polar surface area (TPSA) is 128 Å². The summed E-state index contributed by atoms with van der Waals surface area (Å²) < 4.78 is 17.8. The molecule has 3 fully saturated rings. The number of carboxylic acid groups (broad SMARTS) is 1. The number of halogens is 2. The SMILES string of the molecule is O=C(O)c1ncccc1-c1nc(N2C3CCC2CC(OCc2c(-c4c(Cl)cccc4Cl)noc2C2CC2)C3)no1. The average Bonchev–Trinajstić information content (AvgIpc) is 3.42. The van der Waals surface area contributed by atoms with Crippen molar-refractivity contribution in [2.24, 2.45) is 0 Å². The van der Waals surface area contributed by atoms with Crippen LogP contribution >= 0.6 is 23.2 Å². The van der Waals surface area contributed by atoms with Gasteiger partial charge in [-0.25, -0.2) is 9.78 Å². The molecule has 0 spiro atoms. The molecular weight excluding hydrogens is 557 g/mol. The molecule has 1 aliphatic carbocycles. The van der Waals surface area contributed by atoms with Crippen LogP contribution in [0.3, 0.4) is 0 Å². The van der Waals surface area contributed by atoms with Crippen molar-refractivity contribution in [2.45, 2.75) is 69.2 Å². The monoisotopic (exact) mass is 581 g/mol. The van der Waals surface area contributed by atoms with Gasteiger partial charge in [-0.3, -0.25) is 0 Å². The summed E-state index contributed by atoms with van der Waals surface area (Å²) in [5, 5.41) is 19.1. The van der Waals surface area contributed by atoms with Gasteiger partial charge in [-0.2, -0.15) is 4.98 Å². The molecule has 5 heterocycles. The van der Waals surface area contributed by atoms with E-state index in [4.69, 9.17) is 37.0 Å². The van der Waals surface area contributed by atoms with Crippen molar-refractivity contribution >= 4 is 35.1 Å². The third-order valence-electron chi connectivity index (χ3n) is 8.01. The summed E-state index contributed by atoms with van der Waals surface area (Å²) in [6, 6.07) is 9.04. The number of pyridine rings is 1. The number of hydrogen-bond acceptors (Lipinski definition) is 9. The first kappa shape index (κ1) is 25.5. The van der Waals surface area contributed by atoms with Crippen LogP contribution in [0.5, 0.6) is 0 Å². The van der Waals surface area contributed by atoms with E-state index < -0.39 is 5.97 Å². The minimum absolute atomic E-state index is 0.0357. The number of aromatic carboxylic acids is 1. The molecule has 1 aromatic carbocycles. The Morgan fingerprint density at radius 3 is 2.48 bits per heavy atom. The highest BCUT2D eigenvalue weighted by Crippen LogP contribution is 2.47. The smallest absolute Gasteiger partial charge is 0.355 e. The summed E-state index contributed by atoms with van der Waals surface area (Å²) in [6.45, 7) is 0.363. The second kappa shape index (κ2) is 10.2. The molecule has 1 N–H and O–H groups in total. The van der Waals surface area contributed by atoms with Crippen LogP contribution in [-0.2, 0) is 11.3 Å². The summed E-state index contributed by atoms with van der Waals surface area (Å²) in [6.07, 6.45) is 7.19. The van der Waals surface area contributed by atoms with Crippen molar-refractivity contribution < 1.29 is 23.7 Å². The zero-order valence-electron chi connectivity index (χ0n) is 21.3. The lowest BCUT2D eigenvalue weighted by atomic mass is 9.99. The number of aromatic nitrogens is 4. The number of benzene rings is 1. The van der Waals surface area contributed by atoms with E-state index in [0.29, 0.717) is 45.3 Å². The Balaban J connectivity index is 1.08. The van der Waals surface area contributed by atoms with Crippen LogP contribution in [0.4, 0.5) is 5.95 Å². The van der Waals surface area contributed by atoms with Gasteiger partial charge in [-0.15, -0.1) is 0 Å². The fraction of sp³-hybridized carbons (Fsp3) is 0.393. The molecule has 2 atom stereocenters. The van der Waals surface area contributed by atoms with Gasteiger partial charge in [0, 0.05) is 35.3 Å². The zero-order valence-corrected chi connectivity index (χ0v) is 22.8. The molecule has 2 aliphatic heterocycles. The Labute approximate surface area is 239 Å². The standard InChI is InChI=1S/C28H25Cl2N5O5/c29-20-4-1-5-21(30)22(20)23-19(25(39-33-23)14-6-7-14)13-38-17-11-15-8-9-16(12-17)35(15)28-32-26(40-34-28)18-3-2-10-31-24(18)27(36)37/h1-5,10,14-17H,6-9,11-13H2,(H,36,37). The fourth-order valence-electron chi connectivity index (χ4n) is 6.02. The number of piperidine rings is 1. The molecule has 2 unspecified atom stereocenters. The molecule has 4 aromatic rings. The maximum atomic E-state index is 11.6. The Morgan fingerprint density at radius 2 is 1.77 bits per heavy atom. The molecule has 3 aliphatic rings. The molecule has 206 valence electrons. The third-order valence-corrected chi connectivity index (χ3v) is 8.64. The van der Waals surface area contributed by atoms with E-state index in [-0.39, 0.29) is 29.8 Å². The van der Waals surface area contributed by atoms with E-state index >= 15 is 0 Å². The van der Waals surface area contributed by atoms with E-state index in [9.17, 15) is 9.90 Å². The predicted molar refractivity (Wildman–Crippen MR) is 146 cm³/mol. The van der Waals surface area contributed by atoms with Crippen molar-refractivity contribution in [1.82, 2.24) is 20.3 Å². The van der Waals surface area contributed by atoms with Gasteiger partial charge in [0.25, 0.3) is 11.8 Å². The number of carboxylic acids is 1. The zero-order chi connectivity index (χ0) is 27.4. The lowest BCUT2D eigenvalue weighted by molar-refractivity contribution is 0.0144. The van der Waals surface area contributed by atoms with Crippen LogP contribution in [0, 0.1) is 0 Å². The quantitative estimate of drug-likeness (QED) is 0.250. The van der Waals surface area contributed by atoms with Crippen molar-refractivity contribution in [1.29, 1.82) is 0 Å². The number of nitrogens with zero attached hydrogens (tertiary/aromatic N) is 5. The Bertz CT molecular complexity index is 1550. The normalized spacial score (nSPS) is 22.1. The minimum Gasteiger partial charge on any atom is -0.476 e. The minimum atomic E-state index is -1.15. The van der Waals surface area contributed by atoms with Crippen LogP contribution in [0.25, 0.3) is 22.7 Å². The maximum absolute atomic E-state index is 11.6. The Morgan fingerprint density at radius 1 is 1.02 bits per heavy atom. The van der Waals surface area contributed by atoms with Crippen LogP contribution in [-0.4, -0.2) is 49.5 Å². The molecule has 0 radical (unpaired) electrons. The summed E-state index contributed by atoms with van der Waals surface area (Å²) in [7, 11) is 0. The summed E-state index contributed by atoms with van der Waals surface area (Å²) >= 11 is 13.0. The number of hydrogen-bond donors (Lipinski definition) is 1. The Kier molecular flexibility index (Phi) is 6.48. The van der Waals surface area contributed by atoms with Crippen LogP contribution < -0.4 is 4.90 Å². The molecule has 7 rings (SSSR count). The molecule has 40 heavy (non-hydrogen) atoms. The van der Waals surface area contributed by atoms with E-state index in [1.807, 2.05) is 6.07 Å². The molecule has 12 heteroatoms. The number of fused-ring (bicyclic) bond motifs is 2. The summed E-state index contributed by atoms with van der Waals surface area (Å²) in [4.78, 5) is 22.3. The molecule has 10 nitrogen and oxygen atoms in total. The molecule has 3 aromatic heterocycles. The first-order valence-corrected chi connectivity index (χ1v) is 14.1. The van der Waals surface area contributed by atoms with Crippen molar-refractivity contribution in [3.63, 3.8) is 0 Å². The predicted octanol–water partition coefficient (Wildman–Crippen LogP) is 6.39. The molecular formula is C28H25Cl2N5O5. The van der Waals surface area contributed by atoms with Crippen LogP contribution in [0.1, 0.15) is 66.3 Å². The molecule has 1 saturated carbocycles. The van der Waals surface area contributed by atoms with Gasteiger partial charge >= 0.3 is 5.97 Å². The number of anilines is 1. The van der Waals surface area contributed by atoms with E-state index in [1.165, 1.54) is 6.20 Å². The highest BCUT2D eigenvalue weighted by atomic mass is 35.5. The highest BCUT2D eigenvalue weighted by molar-refractivity contribution is 6.39. The second-order valence-corrected chi connectivity index (χ2v) is 11.4. The average molecular weight is 582 g/mol. The van der Waals surface area contributed by atoms with Gasteiger partial charge in [0.1, 0.15) is 11.5 Å². The summed E-state index contributed by atoms with van der Waals surface area (Å²) in [5.74, 6) is 0.678. The first-order valence-electron chi connectivity index (χ1n) is 13.3. The maximum Gasteiger partial charge on any atom is 0.355 e. The second-order valence-electron chi connectivity index (χ2n) is 10.5. The van der Waals surface area contributed by atoms with Crippen molar-refractivity contribution in [3.05, 3.63) is 63.6 Å². The van der Waals surface area contributed by atoms with Gasteiger partial charge < -0.3 is 23.8 Å². The van der Waals surface area contributed by atoms with E-state index in [2.05, 4.69) is 25.2 Å². The Hall–Kier alpha value is -3.47. The van der Waals surface area contributed by atoms with Gasteiger partial charge in [-0.1, -0.05) is 34.4 Å². The molecule has 0 amide bonds. The number of carbonyl (C=O) groups is 1. The molecule has 2 saturated heterocycles. The van der Waals surface area contributed by atoms with Crippen LogP contribution in [0.15, 0.2) is 45.6 Å². The lowest BCUT2D eigenvalue weighted by Gasteiger charge is -2.37. The van der Waals surface area contributed by atoms with Gasteiger partial charge in [0.05, 0.1) is 28.3 Å². The van der Waals surface area contributed by atoms with Gasteiger partial charge in [0.15, 0.2) is 5.69 Å². The third kappa shape index (κ3) is 4.53. The summed E-state index contributed by atoms with van der Waals surface area (Å²) in [5.41, 5.74) is 2.41. The van der Waals surface area contributed by atoms with E-state index in [0.717, 1.165) is 49.8 Å². The van der Waals surface area contributed by atoms with Crippen LogP contribution in [0.2, 0.25) is 10.0 Å². The van der Waals surface area contributed by atoms with E-state index in [1.54, 1.807) is 24.3 Å². The fourth-order valence-corrected chi connectivity index (χ4v) is 6.59. The number of ether oxygens (including phenoxy) is 1. The lowest BCUT2D eigenvalue weighted by Crippen LogP contribution is -2.46. The molecule has 2 bridgehead atoms. The van der Waals surface area contributed by atoms with Gasteiger partial charge in [-0.05, 0) is 67.9 Å². The van der Waals surface area contributed by atoms with Crippen molar-refractivity contribution in [3.8, 4) is 22.7 Å². The highest BCUT2D eigenvalue weighted by Gasteiger charge is 2.44. The number of rotatable bonds is 8.